The van der Waals surface area contributed by atoms with Crippen molar-refractivity contribution in [1.29, 1.82) is 0 Å². The van der Waals surface area contributed by atoms with Gasteiger partial charge in [-0.15, -0.1) is 0 Å². The molecule has 0 amide bonds. The Bertz CT molecular complexity index is 903. The van der Waals surface area contributed by atoms with Crippen molar-refractivity contribution in [2.45, 2.75) is 32.5 Å². The molecule has 2 heterocycles. The molecule has 0 saturated carbocycles. The zero-order valence-corrected chi connectivity index (χ0v) is 13.5. The standard InChI is InChI=1S/C16H15F4N5/c1-3-13(10-4-5-11(12(17)7-10)16(18,19)20)24-14-6-9(2)23-15-21-8-22-25(14)15/h4-8,13,24H,3H2,1-2H3. The number of aryl methyl sites for hydroxylation is 1. The topological polar surface area (TPSA) is 55.1 Å². The van der Waals surface area contributed by atoms with E-state index in [1.54, 1.807) is 13.0 Å². The number of nitrogens with zero attached hydrogens (tertiary/aromatic N) is 4. The molecule has 0 aliphatic rings. The molecule has 1 aromatic carbocycles. The summed E-state index contributed by atoms with van der Waals surface area (Å²) in [5.41, 5.74) is -0.156. The molecule has 25 heavy (non-hydrogen) atoms. The molecule has 0 saturated heterocycles. The van der Waals surface area contributed by atoms with Crippen LogP contribution in [-0.4, -0.2) is 19.6 Å². The number of aromatic nitrogens is 4. The molecule has 9 heteroatoms. The van der Waals surface area contributed by atoms with E-state index in [4.69, 9.17) is 0 Å². The molecule has 0 fully saturated rings. The first kappa shape index (κ1) is 17.1. The Balaban J connectivity index is 1.95. The highest BCUT2D eigenvalue weighted by Gasteiger charge is 2.34. The van der Waals surface area contributed by atoms with Crippen LogP contribution in [0.5, 0.6) is 0 Å². The van der Waals surface area contributed by atoms with Crippen molar-refractivity contribution in [1.82, 2.24) is 19.6 Å². The Morgan fingerprint density at radius 3 is 2.64 bits per heavy atom. The summed E-state index contributed by atoms with van der Waals surface area (Å²) in [6, 6.07) is 4.30. The zero-order chi connectivity index (χ0) is 18.2. The fourth-order valence-corrected chi connectivity index (χ4v) is 2.61. The normalized spacial score (nSPS) is 13.2. The number of benzene rings is 1. The Kier molecular flexibility index (Phi) is 4.32. The van der Waals surface area contributed by atoms with Gasteiger partial charge in [-0.2, -0.15) is 27.8 Å². The van der Waals surface area contributed by atoms with Crippen molar-refractivity contribution in [3.05, 3.63) is 53.2 Å². The molecule has 0 radical (unpaired) electrons. The average Bonchev–Trinajstić information content (AvgIpc) is 2.99. The molecule has 0 aliphatic carbocycles. The van der Waals surface area contributed by atoms with Crippen LogP contribution in [-0.2, 0) is 6.18 Å². The Labute approximate surface area is 140 Å². The molecule has 0 spiro atoms. The fraction of sp³-hybridized carbons (Fsp3) is 0.312. The molecular weight excluding hydrogens is 338 g/mol. The second-order valence-corrected chi connectivity index (χ2v) is 5.60. The molecule has 132 valence electrons. The van der Waals surface area contributed by atoms with Gasteiger partial charge in [-0.1, -0.05) is 13.0 Å². The largest absolute Gasteiger partial charge is 0.419 e. The van der Waals surface area contributed by atoms with Gasteiger partial charge in [0.2, 0.25) is 0 Å². The van der Waals surface area contributed by atoms with E-state index < -0.39 is 23.6 Å². The Hall–Kier alpha value is -2.71. The van der Waals surface area contributed by atoms with Crippen molar-refractivity contribution in [3.8, 4) is 0 Å². The van der Waals surface area contributed by atoms with Crippen LogP contribution >= 0.6 is 0 Å². The third-order valence-corrected chi connectivity index (χ3v) is 3.81. The molecule has 1 atom stereocenters. The molecule has 2 aromatic heterocycles. The number of nitrogens with one attached hydrogen (secondary N) is 1. The van der Waals surface area contributed by atoms with Crippen LogP contribution in [0.25, 0.3) is 5.78 Å². The molecule has 3 aromatic rings. The summed E-state index contributed by atoms with van der Waals surface area (Å²) >= 11 is 0. The predicted molar refractivity (Wildman–Crippen MR) is 83.6 cm³/mol. The highest BCUT2D eigenvalue weighted by atomic mass is 19.4. The molecule has 0 aliphatic heterocycles. The van der Waals surface area contributed by atoms with E-state index in [2.05, 4.69) is 20.4 Å². The van der Waals surface area contributed by atoms with Crippen LogP contribution in [0.4, 0.5) is 23.4 Å². The maximum Gasteiger partial charge on any atom is 0.419 e. The summed E-state index contributed by atoms with van der Waals surface area (Å²) < 4.78 is 53.5. The number of halogens is 4. The molecular formula is C16H15F4N5. The van der Waals surface area contributed by atoms with E-state index in [0.29, 0.717) is 29.3 Å². The third-order valence-electron chi connectivity index (χ3n) is 3.81. The minimum atomic E-state index is -4.72. The number of alkyl halides is 3. The van der Waals surface area contributed by atoms with E-state index >= 15 is 0 Å². The van der Waals surface area contributed by atoms with E-state index in [1.165, 1.54) is 16.9 Å². The number of rotatable bonds is 4. The first-order valence-electron chi connectivity index (χ1n) is 7.60. The molecule has 1 unspecified atom stereocenters. The average molecular weight is 353 g/mol. The minimum absolute atomic E-state index is 0.397. The Morgan fingerprint density at radius 2 is 2.00 bits per heavy atom. The van der Waals surface area contributed by atoms with Crippen LogP contribution in [0, 0.1) is 12.7 Å². The molecule has 5 nitrogen and oxygen atoms in total. The minimum Gasteiger partial charge on any atom is -0.363 e. The van der Waals surface area contributed by atoms with Crippen molar-refractivity contribution in [2.75, 3.05) is 5.32 Å². The van der Waals surface area contributed by atoms with Gasteiger partial charge in [0.25, 0.3) is 5.78 Å². The lowest BCUT2D eigenvalue weighted by molar-refractivity contribution is -0.140. The SMILES string of the molecule is CCC(Nc1cc(C)nc2ncnn12)c1ccc(C(F)(F)F)c(F)c1. The van der Waals surface area contributed by atoms with Gasteiger partial charge < -0.3 is 5.32 Å². The maximum atomic E-state index is 13.9. The van der Waals surface area contributed by atoms with E-state index in [-0.39, 0.29) is 0 Å². The smallest absolute Gasteiger partial charge is 0.363 e. The lowest BCUT2D eigenvalue weighted by Crippen LogP contribution is -2.15. The van der Waals surface area contributed by atoms with E-state index in [0.717, 1.165) is 12.1 Å². The van der Waals surface area contributed by atoms with Gasteiger partial charge in [-0.3, -0.25) is 0 Å². The van der Waals surface area contributed by atoms with Crippen molar-refractivity contribution in [2.24, 2.45) is 0 Å². The van der Waals surface area contributed by atoms with Crippen LogP contribution in [0.1, 0.15) is 36.2 Å². The third kappa shape index (κ3) is 3.40. The van der Waals surface area contributed by atoms with Crippen molar-refractivity contribution >= 4 is 11.6 Å². The highest BCUT2D eigenvalue weighted by Crippen LogP contribution is 2.33. The molecule has 0 bridgehead atoms. The number of fused-ring (bicyclic) bond motifs is 1. The van der Waals surface area contributed by atoms with Crippen LogP contribution in [0.2, 0.25) is 0 Å². The monoisotopic (exact) mass is 353 g/mol. The lowest BCUT2D eigenvalue weighted by atomic mass is 10.0. The summed E-state index contributed by atoms with van der Waals surface area (Å²) in [5.74, 6) is -0.315. The first-order chi connectivity index (χ1) is 11.8. The quantitative estimate of drug-likeness (QED) is 0.716. The van der Waals surface area contributed by atoms with Crippen molar-refractivity contribution < 1.29 is 17.6 Å². The van der Waals surface area contributed by atoms with E-state index in [9.17, 15) is 17.6 Å². The van der Waals surface area contributed by atoms with Gasteiger partial charge >= 0.3 is 6.18 Å². The lowest BCUT2D eigenvalue weighted by Gasteiger charge is -2.20. The van der Waals surface area contributed by atoms with Gasteiger partial charge in [0.15, 0.2) is 0 Å². The highest BCUT2D eigenvalue weighted by molar-refractivity contribution is 5.46. The van der Waals surface area contributed by atoms with Gasteiger partial charge in [0, 0.05) is 11.8 Å². The van der Waals surface area contributed by atoms with Crippen LogP contribution in [0.15, 0.2) is 30.6 Å². The zero-order valence-electron chi connectivity index (χ0n) is 13.5. The first-order valence-corrected chi connectivity index (χ1v) is 7.60. The number of anilines is 1. The summed E-state index contributed by atoms with van der Waals surface area (Å²) in [4.78, 5) is 8.23. The summed E-state index contributed by atoms with van der Waals surface area (Å²) in [6.45, 7) is 3.64. The number of hydrogen-bond donors (Lipinski definition) is 1. The summed E-state index contributed by atoms with van der Waals surface area (Å²) in [6.07, 6.45) is -2.83. The van der Waals surface area contributed by atoms with E-state index in [1.807, 2.05) is 6.92 Å². The maximum absolute atomic E-state index is 13.9. The van der Waals surface area contributed by atoms with Crippen LogP contribution < -0.4 is 5.32 Å². The fourth-order valence-electron chi connectivity index (χ4n) is 2.61. The van der Waals surface area contributed by atoms with Gasteiger partial charge in [-0.25, -0.2) is 9.37 Å². The van der Waals surface area contributed by atoms with Gasteiger partial charge in [-0.05, 0) is 31.0 Å². The van der Waals surface area contributed by atoms with Crippen molar-refractivity contribution in [3.63, 3.8) is 0 Å². The molecule has 3 rings (SSSR count). The van der Waals surface area contributed by atoms with Gasteiger partial charge in [0.1, 0.15) is 18.0 Å². The predicted octanol–water partition coefficient (Wildman–Crippen LogP) is 4.15. The molecule has 1 N–H and O–H groups in total. The second-order valence-electron chi connectivity index (χ2n) is 5.60. The summed E-state index contributed by atoms with van der Waals surface area (Å²) in [5, 5.41) is 7.24. The Morgan fingerprint density at radius 1 is 1.24 bits per heavy atom. The van der Waals surface area contributed by atoms with Gasteiger partial charge in [0.05, 0.1) is 11.6 Å². The second kappa shape index (κ2) is 6.30. The summed E-state index contributed by atoms with van der Waals surface area (Å²) in [7, 11) is 0. The number of hydrogen-bond acceptors (Lipinski definition) is 4. The van der Waals surface area contributed by atoms with Crippen LogP contribution in [0.3, 0.4) is 0 Å².